The van der Waals surface area contributed by atoms with E-state index in [2.05, 4.69) is 0 Å². The number of ether oxygens (including phenoxy) is 2. The molecule has 0 spiro atoms. The maximum absolute atomic E-state index is 12.2. The molecule has 0 aromatic heterocycles. The minimum Gasteiger partial charge on any atom is -0.497 e. The van der Waals surface area contributed by atoms with Gasteiger partial charge in [-0.2, -0.15) is 0 Å². The van der Waals surface area contributed by atoms with Crippen molar-refractivity contribution in [1.29, 1.82) is 0 Å². The predicted octanol–water partition coefficient (Wildman–Crippen LogP) is 0.911. The normalized spacial score (nSPS) is 17.0. The molecule has 1 fully saturated rings. The number of likely N-dealkylation sites (tertiary alicyclic amines) is 1. The third-order valence-electron chi connectivity index (χ3n) is 2.99. The summed E-state index contributed by atoms with van der Waals surface area (Å²) in [5.41, 5.74) is -0.288. The molecule has 0 unspecified atom stereocenters. The van der Waals surface area contributed by atoms with Crippen LogP contribution in [0.1, 0.15) is 17.3 Å². The molecule has 2 rings (SSSR count). The summed E-state index contributed by atoms with van der Waals surface area (Å²) in [6.45, 7) is 2.41. The summed E-state index contributed by atoms with van der Waals surface area (Å²) in [5, 5.41) is 9.64. The Kier molecular flexibility index (Phi) is 3.17. The average molecular weight is 251 g/mol. The van der Waals surface area contributed by atoms with Crippen LogP contribution in [0, 0.1) is 0 Å². The minimum atomic E-state index is -0.768. The minimum absolute atomic E-state index is 0.138. The molecule has 0 radical (unpaired) electrons. The first kappa shape index (κ1) is 12.7. The number of nitrogens with zero attached hydrogens (tertiary/aromatic N) is 1. The van der Waals surface area contributed by atoms with Crippen LogP contribution in [0.25, 0.3) is 0 Å². The van der Waals surface area contributed by atoms with Crippen LogP contribution >= 0.6 is 0 Å². The van der Waals surface area contributed by atoms with Gasteiger partial charge in [0, 0.05) is 6.07 Å². The van der Waals surface area contributed by atoms with E-state index in [1.807, 2.05) is 0 Å². The molecule has 1 aliphatic rings. The zero-order valence-electron chi connectivity index (χ0n) is 10.8. The van der Waals surface area contributed by atoms with Crippen LogP contribution in [0.4, 0.5) is 0 Å². The van der Waals surface area contributed by atoms with Crippen LogP contribution in [0.15, 0.2) is 18.2 Å². The summed E-state index contributed by atoms with van der Waals surface area (Å²) in [4.78, 5) is 13.8. The highest BCUT2D eigenvalue weighted by Crippen LogP contribution is 2.29. The molecule has 18 heavy (non-hydrogen) atoms. The topological polar surface area (TPSA) is 59.0 Å². The molecule has 1 aromatic carbocycles. The summed E-state index contributed by atoms with van der Waals surface area (Å²) in [7, 11) is 3.07. The van der Waals surface area contributed by atoms with Gasteiger partial charge >= 0.3 is 0 Å². The summed E-state index contributed by atoms with van der Waals surface area (Å²) in [6, 6.07) is 5.06. The van der Waals surface area contributed by atoms with Gasteiger partial charge in [-0.15, -0.1) is 0 Å². The molecular weight excluding hydrogens is 234 g/mol. The van der Waals surface area contributed by atoms with Gasteiger partial charge in [0.15, 0.2) is 0 Å². The van der Waals surface area contributed by atoms with E-state index >= 15 is 0 Å². The van der Waals surface area contributed by atoms with E-state index in [1.54, 1.807) is 37.1 Å². The van der Waals surface area contributed by atoms with Crippen molar-refractivity contribution in [2.75, 3.05) is 27.3 Å². The summed E-state index contributed by atoms with van der Waals surface area (Å²) in [5.74, 6) is 0.978. The molecule has 0 saturated carbocycles. The molecule has 5 heteroatoms. The molecule has 1 aliphatic heterocycles. The number of methoxy groups -OCH3 is 2. The first-order valence-corrected chi connectivity index (χ1v) is 5.70. The zero-order chi connectivity index (χ0) is 13.3. The van der Waals surface area contributed by atoms with E-state index in [0.717, 1.165) is 0 Å². The number of amides is 1. The molecule has 0 bridgehead atoms. The Morgan fingerprint density at radius 3 is 2.50 bits per heavy atom. The SMILES string of the molecule is COc1ccc(C(=O)N2CC(C)(O)C2)c(OC)c1. The predicted molar refractivity (Wildman–Crippen MR) is 66.1 cm³/mol. The highest BCUT2D eigenvalue weighted by atomic mass is 16.5. The van der Waals surface area contributed by atoms with Gasteiger partial charge in [-0.3, -0.25) is 4.79 Å². The fraction of sp³-hybridized carbons (Fsp3) is 0.462. The molecular formula is C13H17NO4. The molecule has 0 aliphatic carbocycles. The molecule has 1 aromatic rings. The maximum Gasteiger partial charge on any atom is 0.257 e. The van der Waals surface area contributed by atoms with E-state index < -0.39 is 5.60 Å². The van der Waals surface area contributed by atoms with Gasteiger partial charge in [0.25, 0.3) is 5.91 Å². The Morgan fingerprint density at radius 2 is 2.00 bits per heavy atom. The fourth-order valence-corrected chi connectivity index (χ4v) is 2.07. The number of rotatable bonds is 3. The number of carbonyl (C=O) groups excluding carboxylic acids is 1. The first-order chi connectivity index (χ1) is 8.46. The van der Waals surface area contributed by atoms with Crippen molar-refractivity contribution in [3.8, 4) is 11.5 Å². The number of hydrogen-bond acceptors (Lipinski definition) is 4. The van der Waals surface area contributed by atoms with Crippen LogP contribution in [0.2, 0.25) is 0 Å². The van der Waals surface area contributed by atoms with E-state index in [9.17, 15) is 9.90 Å². The second-order valence-electron chi connectivity index (χ2n) is 4.72. The Morgan fingerprint density at radius 1 is 1.33 bits per heavy atom. The van der Waals surface area contributed by atoms with Crippen molar-refractivity contribution < 1.29 is 19.4 Å². The second kappa shape index (κ2) is 4.49. The largest absolute Gasteiger partial charge is 0.497 e. The Balaban J connectivity index is 2.20. The number of aliphatic hydroxyl groups is 1. The van der Waals surface area contributed by atoms with Gasteiger partial charge in [0.1, 0.15) is 11.5 Å². The van der Waals surface area contributed by atoms with Crippen molar-refractivity contribution in [3.63, 3.8) is 0 Å². The van der Waals surface area contributed by atoms with Crippen molar-refractivity contribution in [3.05, 3.63) is 23.8 Å². The van der Waals surface area contributed by atoms with Crippen molar-refractivity contribution in [2.45, 2.75) is 12.5 Å². The highest BCUT2D eigenvalue weighted by Gasteiger charge is 2.40. The molecule has 0 atom stereocenters. The Labute approximate surface area is 106 Å². The van der Waals surface area contributed by atoms with E-state index in [1.165, 1.54) is 7.11 Å². The number of carbonyl (C=O) groups is 1. The lowest BCUT2D eigenvalue weighted by Crippen LogP contribution is -2.61. The van der Waals surface area contributed by atoms with Crippen LogP contribution in [-0.2, 0) is 0 Å². The monoisotopic (exact) mass is 251 g/mol. The lowest BCUT2D eigenvalue weighted by Gasteiger charge is -2.44. The lowest BCUT2D eigenvalue weighted by atomic mass is 9.95. The fourth-order valence-electron chi connectivity index (χ4n) is 2.07. The quantitative estimate of drug-likeness (QED) is 0.867. The van der Waals surface area contributed by atoms with E-state index in [0.29, 0.717) is 30.2 Å². The number of β-amino-alcohol motifs (C(OH)–C–C–N with tert-alkyl or cyclic N) is 1. The highest BCUT2D eigenvalue weighted by molar-refractivity contribution is 5.97. The molecule has 98 valence electrons. The average Bonchev–Trinajstić information content (AvgIpc) is 2.34. The molecule has 1 heterocycles. The zero-order valence-corrected chi connectivity index (χ0v) is 10.8. The number of benzene rings is 1. The smallest absolute Gasteiger partial charge is 0.257 e. The standard InChI is InChI=1S/C13H17NO4/c1-13(16)7-14(8-13)12(15)10-5-4-9(17-2)6-11(10)18-3/h4-6,16H,7-8H2,1-3H3. The summed E-state index contributed by atoms with van der Waals surface area (Å²) in [6.07, 6.45) is 0. The third-order valence-corrected chi connectivity index (χ3v) is 2.99. The van der Waals surface area contributed by atoms with Crippen LogP contribution in [-0.4, -0.2) is 48.8 Å². The second-order valence-corrected chi connectivity index (χ2v) is 4.72. The van der Waals surface area contributed by atoms with Crippen molar-refractivity contribution in [2.24, 2.45) is 0 Å². The van der Waals surface area contributed by atoms with Crippen LogP contribution in [0.5, 0.6) is 11.5 Å². The van der Waals surface area contributed by atoms with Gasteiger partial charge < -0.3 is 19.5 Å². The molecule has 1 amide bonds. The van der Waals surface area contributed by atoms with Gasteiger partial charge in [-0.25, -0.2) is 0 Å². The van der Waals surface area contributed by atoms with Gasteiger partial charge in [0.2, 0.25) is 0 Å². The van der Waals surface area contributed by atoms with Crippen molar-refractivity contribution in [1.82, 2.24) is 4.90 Å². The summed E-state index contributed by atoms with van der Waals surface area (Å²) < 4.78 is 10.3. The van der Waals surface area contributed by atoms with E-state index in [4.69, 9.17) is 9.47 Å². The molecule has 1 N–H and O–H groups in total. The number of hydrogen-bond donors (Lipinski definition) is 1. The maximum atomic E-state index is 12.2. The summed E-state index contributed by atoms with van der Waals surface area (Å²) >= 11 is 0. The van der Waals surface area contributed by atoms with Gasteiger partial charge in [0.05, 0.1) is 38.5 Å². The first-order valence-electron chi connectivity index (χ1n) is 5.70. The third kappa shape index (κ3) is 2.26. The molecule has 5 nitrogen and oxygen atoms in total. The molecule has 1 saturated heterocycles. The van der Waals surface area contributed by atoms with Crippen molar-refractivity contribution >= 4 is 5.91 Å². The van der Waals surface area contributed by atoms with Crippen LogP contribution in [0.3, 0.4) is 0 Å². The Hall–Kier alpha value is -1.75. The van der Waals surface area contributed by atoms with Crippen LogP contribution < -0.4 is 9.47 Å². The van der Waals surface area contributed by atoms with Gasteiger partial charge in [-0.05, 0) is 19.1 Å². The Bertz CT molecular complexity index is 462. The van der Waals surface area contributed by atoms with Gasteiger partial charge in [-0.1, -0.05) is 0 Å². The lowest BCUT2D eigenvalue weighted by molar-refractivity contribution is -0.0669. The van der Waals surface area contributed by atoms with E-state index in [-0.39, 0.29) is 5.91 Å².